The third kappa shape index (κ3) is 8.23. The maximum atomic E-state index is 5.96. The molecular formula is C16H20Cl4N2. The molecule has 0 aliphatic carbocycles. The molecule has 0 radical (unpaired) electrons. The Hall–Kier alpha value is -0.480. The Morgan fingerprint density at radius 2 is 1.09 bits per heavy atom. The monoisotopic (exact) mass is 380 g/mol. The molecule has 0 aliphatic rings. The molecule has 0 saturated heterocycles. The number of benzene rings is 2. The highest BCUT2D eigenvalue weighted by atomic mass is 35.5. The van der Waals surface area contributed by atoms with Crippen molar-refractivity contribution >= 4 is 23.2 Å². The molecule has 0 atom stereocenters. The Labute approximate surface area is 154 Å². The van der Waals surface area contributed by atoms with Crippen LogP contribution >= 0.6 is 23.2 Å². The van der Waals surface area contributed by atoms with Gasteiger partial charge in [0.1, 0.15) is 26.2 Å². The maximum absolute atomic E-state index is 5.96. The Bertz CT molecular complexity index is 500. The van der Waals surface area contributed by atoms with Crippen molar-refractivity contribution in [1.29, 1.82) is 0 Å². The molecule has 0 aromatic heterocycles. The van der Waals surface area contributed by atoms with Crippen LogP contribution in [0.1, 0.15) is 11.1 Å². The molecule has 0 amide bonds. The average molecular weight is 382 g/mol. The Morgan fingerprint density at radius 3 is 1.45 bits per heavy atom. The van der Waals surface area contributed by atoms with Gasteiger partial charge < -0.3 is 35.4 Å². The average Bonchev–Trinajstić information content (AvgIpc) is 2.43. The van der Waals surface area contributed by atoms with Gasteiger partial charge in [0, 0.05) is 21.2 Å². The third-order valence-electron chi connectivity index (χ3n) is 3.11. The van der Waals surface area contributed by atoms with Crippen LogP contribution in [0.5, 0.6) is 0 Å². The number of rotatable bonds is 7. The predicted molar refractivity (Wildman–Crippen MR) is 83.9 cm³/mol. The second-order valence-electron chi connectivity index (χ2n) is 4.82. The quantitative estimate of drug-likeness (QED) is 0.456. The lowest BCUT2D eigenvalue weighted by molar-refractivity contribution is -0.738. The zero-order valence-electron chi connectivity index (χ0n) is 12.1. The first-order valence-corrected chi connectivity index (χ1v) is 7.62. The van der Waals surface area contributed by atoms with Crippen LogP contribution in [0.3, 0.4) is 0 Å². The second-order valence-corrected chi connectivity index (χ2v) is 5.70. The summed E-state index contributed by atoms with van der Waals surface area (Å²) in [4.78, 5) is 0. The molecule has 6 heteroatoms. The van der Waals surface area contributed by atoms with Crippen molar-refractivity contribution < 1.29 is 35.4 Å². The smallest absolute Gasteiger partial charge is 0.125 e. The summed E-state index contributed by atoms with van der Waals surface area (Å²) in [6.45, 7) is 4.14. The molecule has 2 nitrogen and oxygen atoms in total. The Morgan fingerprint density at radius 1 is 0.682 bits per heavy atom. The molecule has 0 fully saturated rings. The van der Waals surface area contributed by atoms with Crippen molar-refractivity contribution in [3.8, 4) is 0 Å². The van der Waals surface area contributed by atoms with Gasteiger partial charge in [0.15, 0.2) is 0 Å². The first kappa shape index (κ1) is 21.5. The number of quaternary nitrogens is 2. The van der Waals surface area contributed by atoms with Crippen LogP contribution in [0.2, 0.25) is 10.0 Å². The third-order valence-corrected chi connectivity index (χ3v) is 3.58. The second kappa shape index (κ2) is 12.0. The summed E-state index contributed by atoms with van der Waals surface area (Å²) >= 11 is 11.9. The van der Waals surface area contributed by atoms with Gasteiger partial charge >= 0.3 is 0 Å². The van der Waals surface area contributed by atoms with Gasteiger partial charge in [-0.1, -0.05) is 47.5 Å². The lowest BCUT2D eigenvalue weighted by Crippen LogP contribution is -3.00. The van der Waals surface area contributed by atoms with E-state index >= 15 is 0 Å². The predicted octanol–water partition coefficient (Wildman–Crippen LogP) is -4.17. The van der Waals surface area contributed by atoms with Crippen LogP contribution in [0.15, 0.2) is 48.5 Å². The van der Waals surface area contributed by atoms with Crippen molar-refractivity contribution in [2.45, 2.75) is 13.1 Å². The first-order valence-electron chi connectivity index (χ1n) is 6.86. The number of halogens is 4. The maximum Gasteiger partial charge on any atom is 0.125 e. The summed E-state index contributed by atoms with van der Waals surface area (Å²) < 4.78 is 0. The molecular weight excluding hydrogens is 362 g/mol. The lowest BCUT2D eigenvalue weighted by atomic mass is 10.2. The van der Waals surface area contributed by atoms with Gasteiger partial charge in [-0.3, -0.25) is 0 Å². The number of nitrogens with two attached hydrogens (primary N) is 2. The first-order chi connectivity index (χ1) is 9.74. The van der Waals surface area contributed by atoms with Gasteiger partial charge in [0.25, 0.3) is 0 Å². The molecule has 2 aromatic rings. The van der Waals surface area contributed by atoms with Crippen LogP contribution in [-0.2, 0) is 13.1 Å². The van der Waals surface area contributed by atoms with Gasteiger partial charge in [-0.25, -0.2) is 0 Å². The fourth-order valence-corrected chi connectivity index (χ4v) is 2.53. The van der Waals surface area contributed by atoms with E-state index in [2.05, 4.69) is 22.8 Å². The molecule has 22 heavy (non-hydrogen) atoms. The van der Waals surface area contributed by atoms with Crippen molar-refractivity contribution in [2.24, 2.45) is 0 Å². The van der Waals surface area contributed by atoms with E-state index in [1.807, 2.05) is 36.4 Å². The number of hydrogen-bond donors (Lipinski definition) is 2. The van der Waals surface area contributed by atoms with Crippen molar-refractivity contribution in [1.82, 2.24) is 0 Å². The molecule has 0 saturated carbocycles. The minimum absolute atomic E-state index is 0. The van der Waals surface area contributed by atoms with Gasteiger partial charge in [-0.2, -0.15) is 0 Å². The van der Waals surface area contributed by atoms with Gasteiger partial charge in [-0.05, 0) is 24.3 Å². The minimum atomic E-state index is 0. The normalized spacial score (nSPS) is 9.73. The fourth-order valence-electron chi connectivity index (χ4n) is 2.10. The summed E-state index contributed by atoms with van der Waals surface area (Å²) in [6.07, 6.45) is 0. The highest BCUT2D eigenvalue weighted by Crippen LogP contribution is 2.09. The summed E-state index contributed by atoms with van der Waals surface area (Å²) in [7, 11) is 0. The van der Waals surface area contributed by atoms with E-state index in [9.17, 15) is 0 Å². The summed E-state index contributed by atoms with van der Waals surface area (Å²) in [5.41, 5.74) is 2.54. The SMILES string of the molecule is Clc1cccc(C[NH2+]CC[NH2+]Cc2cccc(Cl)c2)c1.[Cl-].[Cl-]. The van der Waals surface area contributed by atoms with Gasteiger partial charge in [0.2, 0.25) is 0 Å². The van der Waals surface area contributed by atoms with E-state index in [1.54, 1.807) is 0 Å². The molecule has 0 unspecified atom stereocenters. The Balaban J connectivity index is 0.00000220. The van der Waals surface area contributed by atoms with Crippen LogP contribution in [-0.4, -0.2) is 13.1 Å². The molecule has 2 aromatic carbocycles. The highest BCUT2D eigenvalue weighted by molar-refractivity contribution is 6.30. The minimum Gasteiger partial charge on any atom is -1.00 e. The lowest BCUT2D eigenvalue weighted by Gasteiger charge is -2.03. The number of hydrogen-bond acceptors (Lipinski definition) is 0. The topological polar surface area (TPSA) is 33.2 Å². The summed E-state index contributed by atoms with van der Waals surface area (Å²) in [5.74, 6) is 0. The molecule has 0 heterocycles. The van der Waals surface area contributed by atoms with Crippen LogP contribution in [0.25, 0.3) is 0 Å². The largest absolute Gasteiger partial charge is 1.00 e. The zero-order valence-corrected chi connectivity index (χ0v) is 15.1. The van der Waals surface area contributed by atoms with Gasteiger partial charge in [0.05, 0.1) is 0 Å². The van der Waals surface area contributed by atoms with Crippen molar-refractivity contribution in [3.05, 3.63) is 69.7 Å². The van der Waals surface area contributed by atoms with Crippen molar-refractivity contribution in [3.63, 3.8) is 0 Å². The van der Waals surface area contributed by atoms with E-state index < -0.39 is 0 Å². The van der Waals surface area contributed by atoms with E-state index in [-0.39, 0.29) is 24.8 Å². The molecule has 0 aliphatic heterocycles. The van der Waals surface area contributed by atoms with Gasteiger partial charge in [-0.15, -0.1) is 0 Å². The Kier molecular flexibility index (Phi) is 11.7. The molecule has 4 N–H and O–H groups in total. The van der Waals surface area contributed by atoms with E-state index in [0.717, 1.165) is 36.2 Å². The van der Waals surface area contributed by atoms with Crippen molar-refractivity contribution in [2.75, 3.05) is 13.1 Å². The summed E-state index contributed by atoms with van der Waals surface area (Å²) in [6, 6.07) is 16.1. The van der Waals surface area contributed by atoms with E-state index in [1.165, 1.54) is 11.1 Å². The van der Waals surface area contributed by atoms with Crippen LogP contribution < -0.4 is 35.4 Å². The fraction of sp³-hybridized carbons (Fsp3) is 0.250. The molecule has 2 rings (SSSR count). The zero-order chi connectivity index (χ0) is 14.2. The molecule has 0 bridgehead atoms. The molecule has 0 spiro atoms. The highest BCUT2D eigenvalue weighted by Gasteiger charge is 1.99. The van der Waals surface area contributed by atoms with E-state index in [0.29, 0.717) is 0 Å². The van der Waals surface area contributed by atoms with Crippen LogP contribution in [0.4, 0.5) is 0 Å². The molecule has 122 valence electrons. The summed E-state index contributed by atoms with van der Waals surface area (Å²) in [5, 5.41) is 6.23. The standard InChI is InChI=1S/C16H18Cl2N2.2ClH/c17-15-5-1-3-13(9-15)11-19-7-8-20-12-14-4-2-6-16(18)10-14;;/h1-6,9-10,19-20H,7-8,11-12H2;2*1H. The van der Waals surface area contributed by atoms with E-state index in [4.69, 9.17) is 23.2 Å². The van der Waals surface area contributed by atoms with Crippen LogP contribution in [0, 0.1) is 0 Å².